The van der Waals surface area contributed by atoms with Crippen LogP contribution in [0.2, 0.25) is 0 Å². The molecule has 2 fully saturated rings. The average molecular weight is 923 g/mol. The van der Waals surface area contributed by atoms with Gasteiger partial charge >= 0.3 is 12.2 Å². The number of rotatable bonds is 14. The molecular weight excluding hydrogens is 861 g/mol. The number of nitrogens with one attached hydrogen (secondary N) is 4. The van der Waals surface area contributed by atoms with Crippen molar-refractivity contribution in [3.8, 4) is 50.7 Å². The van der Waals surface area contributed by atoms with E-state index >= 15 is 0 Å². The van der Waals surface area contributed by atoms with Gasteiger partial charge in [0.15, 0.2) is 0 Å². The predicted octanol–water partition coefficient (Wildman–Crippen LogP) is 8.75. The lowest BCUT2D eigenvalue weighted by Gasteiger charge is -2.29. The SMILES string of the molecule is COC(=O)N[C@H](C(=O)N1CCC[C@H]1c1nc(-c2ccc(-c3ccc(-c4ccc(-c5c[nH]c([C@@H]6CCCN6C(=O)[C@@H](NC(=O)OC)C(C)C)n5)cc4)n3-c3ccc(N(C)C)cc3)cc2)c[nH]1)C(C)C. The molecule has 2 aliphatic rings. The summed E-state index contributed by atoms with van der Waals surface area (Å²) in [6.45, 7) is 8.79. The first-order valence-electron chi connectivity index (χ1n) is 23.4. The summed E-state index contributed by atoms with van der Waals surface area (Å²) in [6, 6.07) is 27.7. The Balaban J connectivity index is 1.03. The first-order valence-corrected chi connectivity index (χ1v) is 23.4. The van der Waals surface area contributed by atoms with Crippen molar-refractivity contribution in [2.45, 2.75) is 77.5 Å². The second-order valence-corrected chi connectivity index (χ2v) is 18.4. The number of carbonyl (C=O) groups is 4. The molecule has 0 aliphatic carbocycles. The second kappa shape index (κ2) is 20.2. The molecule has 0 bridgehead atoms. The van der Waals surface area contributed by atoms with Crippen LogP contribution in [0.3, 0.4) is 0 Å². The van der Waals surface area contributed by atoms with Crippen molar-refractivity contribution < 1.29 is 28.7 Å². The van der Waals surface area contributed by atoms with Crippen LogP contribution in [0.4, 0.5) is 15.3 Å². The summed E-state index contributed by atoms with van der Waals surface area (Å²) >= 11 is 0. The van der Waals surface area contributed by atoms with Crippen molar-refractivity contribution in [2.24, 2.45) is 11.8 Å². The van der Waals surface area contributed by atoms with Crippen LogP contribution in [-0.4, -0.2) is 112 Å². The zero-order chi connectivity index (χ0) is 48.2. The molecule has 16 nitrogen and oxygen atoms in total. The van der Waals surface area contributed by atoms with Crippen molar-refractivity contribution >= 4 is 29.7 Å². The molecule has 0 unspecified atom stereocenters. The number of methoxy groups -OCH3 is 2. The zero-order valence-electron chi connectivity index (χ0n) is 40.1. The minimum atomic E-state index is -0.705. The zero-order valence-corrected chi connectivity index (χ0v) is 40.1. The predicted molar refractivity (Wildman–Crippen MR) is 262 cm³/mol. The van der Waals surface area contributed by atoms with Crippen LogP contribution in [-0.2, 0) is 19.1 Å². The molecule has 2 saturated heterocycles. The maximum absolute atomic E-state index is 13.7. The normalized spacial score (nSPS) is 16.8. The standard InChI is InChI=1S/C52H62N10O6/c1-31(2)45(57-51(65)67-7)49(63)60-27-9-11-43(60)47-53-29-39(55-47)33-13-17-35(18-14-33)41-25-26-42(62(41)38-23-21-37(22-24-38)59(5)6)36-19-15-34(16-20-36)40-30-54-48(56-40)44-12-10-28-61(44)50(64)46(32(3)4)58-52(66)68-8/h13-26,29-32,43-46H,9-12,27-28H2,1-8H3,(H,53,55)(H,54,56)(H,57,65)(H,58,66)/t43-,44-,45-,46-/m0/s1. The van der Waals surface area contributed by atoms with Crippen molar-refractivity contribution in [1.82, 2.24) is 44.9 Å². The average Bonchev–Trinajstić information content (AvgIpc) is 4.21. The third-order valence-electron chi connectivity index (χ3n) is 13.1. The highest BCUT2D eigenvalue weighted by atomic mass is 16.5. The molecule has 5 heterocycles. The quantitative estimate of drug-likeness (QED) is 0.0830. The van der Waals surface area contributed by atoms with Gasteiger partial charge < -0.3 is 49.3 Å². The number of amides is 4. The van der Waals surface area contributed by atoms with E-state index in [0.29, 0.717) is 24.7 Å². The summed E-state index contributed by atoms with van der Waals surface area (Å²) in [7, 11) is 6.65. The van der Waals surface area contributed by atoms with Gasteiger partial charge in [0.05, 0.1) is 49.1 Å². The van der Waals surface area contributed by atoms with Crippen LogP contribution in [0, 0.1) is 11.8 Å². The Morgan fingerprint density at radius 3 is 1.37 bits per heavy atom. The summed E-state index contributed by atoms with van der Waals surface area (Å²) in [5.41, 5.74) is 9.64. The molecule has 0 radical (unpaired) electrons. The fourth-order valence-electron chi connectivity index (χ4n) is 9.39. The van der Waals surface area contributed by atoms with E-state index in [1.165, 1.54) is 14.2 Å². The van der Waals surface area contributed by atoms with Gasteiger partial charge in [0.1, 0.15) is 23.7 Å². The highest BCUT2D eigenvalue weighted by Crippen LogP contribution is 2.37. The van der Waals surface area contributed by atoms with Gasteiger partial charge in [0.2, 0.25) is 11.8 Å². The van der Waals surface area contributed by atoms with Gasteiger partial charge in [0.25, 0.3) is 0 Å². The number of likely N-dealkylation sites (tertiary alicyclic amines) is 2. The van der Waals surface area contributed by atoms with Crippen molar-refractivity contribution in [2.75, 3.05) is 46.3 Å². The Kier molecular flexibility index (Phi) is 14.0. The number of aromatic amines is 2. The number of H-pyrrole nitrogens is 2. The van der Waals surface area contributed by atoms with Crippen LogP contribution in [0.15, 0.2) is 97.3 Å². The Morgan fingerprint density at radius 1 is 0.603 bits per heavy atom. The van der Waals surface area contributed by atoms with Gasteiger partial charge in [0, 0.05) is 62.1 Å². The molecule has 8 rings (SSSR count). The first-order chi connectivity index (χ1) is 32.8. The monoisotopic (exact) mass is 922 g/mol. The van der Waals surface area contributed by atoms with Crippen LogP contribution in [0.25, 0.3) is 50.7 Å². The lowest BCUT2D eigenvalue weighted by molar-refractivity contribution is -0.136. The van der Waals surface area contributed by atoms with Crippen molar-refractivity contribution in [3.63, 3.8) is 0 Å². The van der Waals surface area contributed by atoms with Gasteiger partial charge in [-0.05, 0) is 85.0 Å². The molecule has 0 saturated carbocycles. The van der Waals surface area contributed by atoms with E-state index in [-0.39, 0.29) is 35.7 Å². The summed E-state index contributed by atoms with van der Waals surface area (Å²) < 4.78 is 11.9. The Bertz CT molecular complexity index is 2560. The molecule has 6 aromatic rings. The van der Waals surface area contributed by atoms with Crippen LogP contribution in [0.5, 0.6) is 0 Å². The largest absolute Gasteiger partial charge is 0.453 e. The minimum absolute atomic E-state index is 0.120. The lowest BCUT2D eigenvalue weighted by Crippen LogP contribution is -2.51. The Morgan fingerprint density at radius 2 is 1.00 bits per heavy atom. The van der Waals surface area contributed by atoms with E-state index in [1.54, 1.807) is 0 Å². The van der Waals surface area contributed by atoms with Gasteiger partial charge in [-0.3, -0.25) is 9.59 Å². The number of nitrogens with zero attached hydrogens (tertiary/aromatic N) is 6. The van der Waals surface area contributed by atoms with Crippen LogP contribution >= 0.6 is 0 Å². The topological polar surface area (TPSA) is 183 Å². The van der Waals surface area contributed by atoms with E-state index in [1.807, 2.05) is 64.0 Å². The molecule has 4 atom stereocenters. The number of benzene rings is 3. The number of carbonyl (C=O) groups excluding carboxylic acids is 4. The number of aromatic nitrogens is 5. The smallest absolute Gasteiger partial charge is 0.407 e. The number of ether oxygens (including phenoxy) is 2. The van der Waals surface area contributed by atoms with Gasteiger partial charge in [-0.2, -0.15) is 0 Å². The summed E-state index contributed by atoms with van der Waals surface area (Å²) in [6.07, 6.45) is 5.72. The molecule has 3 aromatic carbocycles. The van der Waals surface area contributed by atoms with Crippen molar-refractivity contribution in [1.29, 1.82) is 0 Å². The maximum Gasteiger partial charge on any atom is 0.407 e. The summed E-state index contributed by atoms with van der Waals surface area (Å²) in [5, 5.41) is 5.43. The minimum Gasteiger partial charge on any atom is -0.453 e. The highest BCUT2D eigenvalue weighted by molar-refractivity contribution is 5.87. The molecule has 0 spiro atoms. The number of alkyl carbamates (subject to hydrolysis) is 2. The molecule has 16 heteroatoms. The molecule has 4 N–H and O–H groups in total. The van der Waals surface area contributed by atoms with Gasteiger partial charge in [-0.15, -0.1) is 0 Å². The Labute approximate surface area is 397 Å². The van der Waals surface area contributed by atoms with E-state index in [9.17, 15) is 19.2 Å². The number of anilines is 1. The van der Waals surface area contributed by atoms with E-state index in [4.69, 9.17) is 19.4 Å². The fraction of sp³-hybridized carbons (Fsp3) is 0.385. The highest BCUT2D eigenvalue weighted by Gasteiger charge is 2.39. The third kappa shape index (κ3) is 9.71. The van der Waals surface area contributed by atoms with Crippen LogP contribution < -0.4 is 15.5 Å². The van der Waals surface area contributed by atoms with Crippen LogP contribution in [0.1, 0.15) is 77.1 Å². The lowest BCUT2D eigenvalue weighted by atomic mass is 10.0. The van der Waals surface area contributed by atoms with Gasteiger partial charge in [-0.25, -0.2) is 19.6 Å². The molecule has 68 heavy (non-hydrogen) atoms. The van der Waals surface area contributed by atoms with E-state index in [2.05, 4.69) is 115 Å². The van der Waals surface area contributed by atoms with Gasteiger partial charge in [-0.1, -0.05) is 76.2 Å². The molecule has 3 aromatic heterocycles. The number of imidazole rings is 2. The molecule has 4 amide bonds. The summed E-state index contributed by atoms with van der Waals surface area (Å²) in [5.74, 6) is 0.898. The molecule has 356 valence electrons. The van der Waals surface area contributed by atoms with E-state index < -0.39 is 24.3 Å². The Hall–Kier alpha value is -7.36. The maximum atomic E-state index is 13.7. The van der Waals surface area contributed by atoms with E-state index in [0.717, 1.165) is 82.1 Å². The summed E-state index contributed by atoms with van der Waals surface area (Å²) in [4.78, 5) is 74.0. The first kappa shape index (κ1) is 47.1. The molecule has 2 aliphatic heterocycles. The number of hydrogen-bond acceptors (Lipinski definition) is 9. The third-order valence-corrected chi connectivity index (χ3v) is 13.1. The van der Waals surface area contributed by atoms with Crippen molar-refractivity contribution in [3.05, 3.63) is 109 Å². The second-order valence-electron chi connectivity index (χ2n) is 18.4. The fourth-order valence-corrected chi connectivity index (χ4v) is 9.39. The molecular formula is C52H62N10O6. The number of hydrogen-bond donors (Lipinski definition) is 4.